The van der Waals surface area contributed by atoms with Gasteiger partial charge in [0.25, 0.3) is 5.91 Å². The highest BCUT2D eigenvalue weighted by Gasteiger charge is 2.14. The van der Waals surface area contributed by atoms with Crippen LogP contribution in [0.25, 0.3) is 11.5 Å². The topological polar surface area (TPSA) is 113 Å². The SMILES string of the molecule is CCOc1ccccc1OCC(=O)OCC(=O)Nc1nnc(-c2ccccc2)o1. The van der Waals surface area contributed by atoms with E-state index in [9.17, 15) is 9.59 Å². The second kappa shape index (κ2) is 9.88. The van der Waals surface area contributed by atoms with Crippen molar-refractivity contribution in [2.24, 2.45) is 0 Å². The minimum Gasteiger partial charge on any atom is -0.490 e. The molecule has 0 aliphatic heterocycles. The van der Waals surface area contributed by atoms with E-state index in [0.717, 1.165) is 5.56 Å². The third-order valence-electron chi connectivity index (χ3n) is 3.55. The summed E-state index contributed by atoms with van der Waals surface area (Å²) >= 11 is 0. The molecule has 0 spiro atoms. The average molecular weight is 397 g/mol. The van der Waals surface area contributed by atoms with Crippen LogP contribution in [0.5, 0.6) is 11.5 Å². The monoisotopic (exact) mass is 397 g/mol. The maximum atomic E-state index is 11.9. The van der Waals surface area contributed by atoms with Crippen LogP contribution in [-0.4, -0.2) is 41.9 Å². The Bertz CT molecular complexity index is 958. The molecule has 29 heavy (non-hydrogen) atoms. The zero-order chi connectivity index (χ0) is 20.5. The van der Waals surface area contributed by atoms with Crippen LogP contribution in [-0.2, 0) is 14.3 Å². The van der Waals surface area contributed by atoms with Gasteiger partial charge in [0.1, 0.15) is 0 Å². The third-order valence-corrected chi connectivity index (χ3v) is 3.55. The lowest BCUT2D eigenvalue weighted by Gasteiger charge is -2.11. The molecule has 1 N–H and O–H groups in total. The Kier molecular flexibility index (Phi) is 6.77. The highest BCUT2D eigenvalue weighted by atomic mass is 16.6. The van der Waals surface area contributed by atoms with Crippen molar-refractivity contribution in [3.05, 3.63) is 54.6 Å². The summed E-state index contributed by atoms with van der Waals surface area (Å²) < 4.78 is 21.0. The molecule has 0 fully saturated rings. The Balaban J connectivity index is 1.44. The molecule has 3 rings (SSSR count). The van der Waals surface area contributed by atoms with Crippen LogP contribution in [0.4, 0.5) is 6.01 Å². The fraction of sp³-hybridized carbons (Fsp3) is 0.200. The second-order valence-electron chi connectivity index (χ2n) is 5.66. The Morgan fingerprint density at radius 2 is 1.62 bits per heavy atom. The summed E-state index contributed by atoms with van der Waals surface area (Å²) in [5.74, 6) is -0.126. The van der Waals surface area contributed by atoms with E-state index < -0.39 is 18.5 Å². The molecule has 1 amide bonds. The lowest BCUT2D eigenvalue weighted by molar-refractivity contribution is -0.149. The molecule has 150 valence electrons. The molecule has 0 bridgehead atoms. The molecule has 0 atom stereocenters. The maximum Gasteiger partial charge on any atom is 0.344 e. The summed E-state index contributed by atoms with van der Waals surface area (Å²) in [6, 6.07) is 16.0. The van der Waals surface area contributed by atoms with Crippen molar-refractivity contribution in [3.8, 4) is 23.0 Å². The maximum absolute atomic E-state index is 11.9. The molecule has 0 radical (unpaired) electrons. The molecule has 9 nitrogen and oxygen atoms in total. The Labute approximate surface area is 166 Å². The number of nitrogens with one attached hydrogen (secondary N) is 1. The van der Waals surface area contributed by atoms with E-state index in [1.165, 1.54) is 0 Å². The summed E-state index contributed by atoms with van der Waals surface area (Å²) in [5.41, 5.74) is 0.719. The van der Waals surface area contributed by atoms with E-state index in [0.29, 0.717) is 18.1 Å². The first-order valence-electron chi connectivity index (χ1n) is 8.84. The first-order valence-corrected chi connectivity index (χ1v) is 8.84. The highest BCUT2D eigenvalue weighted by molar-refractivity contribution is 5.91. The number of rotatable bonds is 9. The van der Waals surface area contributed by atoms with Gasteiger partial charge >= 0.3 is 12.0 Å². The van der Waals surface area contributed by atoms with Crippen molar-refractivity contribution >= 4 is 17.9 Å². The van der Waals surface area contributed by atoms with Gasteiger partial charge in [-0.1, -0.05) is 35.4 Å². The van der Waals surface area contributed by atoms with E-state index in [1.54, 1.807) is 36.4 Å². The van der Waals surface area contributed by atoms with E-state index in [4.69, 9.17) is 18.6 Å². The number of carbonyl (C=O) groups excluding carboxylic acids is 2. The van der Waals surface area contributed by atoms with Crippen molar-refractivity contribution in [2.45, 2.75) is 6.92 Å². The van der Waals surface area contributed by atoms with Crippen LogP contribution in [0.2, 0.25) is 0 Å². The molecular formula is C20H19N3O6. The molecule has 0 aliphatic carbocycles. The molecule has 0 saturated heterocycles. The van der Waals surface area contributed by atoms with Crippen molar-refractivity contribution in [2.75, 3.05) is 25.1 Å². The molecular weight excluding hydrogens is 378 g/mol. The van der Waals surface area contributed by atoms with Crippen LogP contribution >= 0.6 is 0 Å². The zero-order valence-electron chi connectivity index (χ0n) is 15.7. The van der Waals surface area contributed by atoms with Gasteiger partial charge in [0.2, 0.25) is 5.89 Å². The van der Waals surface area contributed by atoms with Gasteiger partial charge in [-0.15, -0.1) is 5.10 Å². The second-order valence-corrected chi connectivity index (χ2v) is 5.66. The number of esters is 1. The molecule has 1 aromatic heterocycles. The fourth-order valence-electron chi connectivity index (χ4n) is 2.30. The average Bonchev–Trinajstić information content (AvgIpc) is 3.21. The predicted octanol–water partition coefficient (Wildman–Crippen LogP) is 2.70. The third kappa shape index (κ3) is 5.80. The van der Waals surface area contributed by atoms with Crippen LogP contribution in [0.1, 0.15) is 6.92 Å². The van der Waals surface area contributed by atoms with Crippen LogP contribution in [0.3, 0.4) is 0 Å². The van der Waals surface area contributed by atoms with Gasteiger partial charge < -0.3 is 18.6 Å². The van der Waals surface area contributed by atoms with Gasteiger partial charge in [-0.25, -0.2) is 4.79 Å². The van der Waals surface area contributed by atoms with Gasteiger partial charge in [0.05, 0.1) is 6.61 Å². The lowest BCUT2D eigenvalue weighted by atomic mass is 10.2. The number of carbonyl (C=O) groups is 2. The molecule has 0 saturated carbocycles. The number of para-hydroxylation sites is 2. The van der Waals surface area contributed by atoms with Crippen molar-refractivity contribution in [1.29, 1.82) is 0 Å². The Morgan fingerprint density at radius 3 is 2.34 bits per heavy atom. The van der Waals surface area contributed by atoms with Gasteiger partial charge in [0.15, 0.2) is 24.7 Å². The van der Waals surface area contributed by atoms with E-state index in [1.807, 2.05) is 25.1 Å². The summed E-state index contributed by atoms with van der Waals surface area (Å²) in [7, 11) is 0. The number of ether oxygens (including phenoxy) is 3. The van der Waals surface area contributed by atoms with Crippen LogP contribution in [0.15, 0.2) is 59.0 Å². The molecule has 0 unspecified atom stereocenters. The van der Waals surface area contributed by atoms with Gasteiger partial charge in [-0.05, 0) is 31.2 Å². The first-order chi connectivity index (χ1) is 14.2. The number of anilines is 1. The minimum absolute atomic E-state index is 0.0909. The summed E-state index contributed by atoms with van der Waals surface area (Å²) in [6.45, 7) is 1.43. The van der Waals surface area contributed by atoms with E-state index >= 15 is 0 Å². The van der Waals surface area contributed by atoms with Gasteiger partial charge in [-0.2, -0.15) is 0 Å². The van der Waals surface area contributed by atoms with Gasteiger partial charge in [-0.3, -0.25) is 10.1 Å². The van der Waals surface area contributed by atoms with E-state index in [2.05, 4.69) is 15.5 Å². The van der Waals surface area contributed by atoms with E-state index in [-0.39, 0.29) is 18.5 Å². The smallest absolute Gasteiger partial charge is 0.344 e. The summed E-state index contributed by atoms with van der Waals surface area (Å²) in [6.07, 6.45) is 0. The molecule has 2 aromatic carbocycles. The summed E-state index contributed by atoms with van der Waals surface area (Å²) in [4.78, 5) is 23.7. The van der Waals surface area contributed by atoms with Crippen molar-refractivity contribution in [1.82, 2.24) is 10.2 Å². The largest absolute Gasteiger partial charge is 0.490 e. The normalized spacial score (nSPS) is 10.2. The number of benzene rings is 2. The Hall–Kier alpha value is -3.88. The highest BCUT2D eigenvalue weighted by Crippen LogP contribution is 2.26. The fourth-order valence-corrected chi connectivity index (χ4v) is 2.30. The quantitative estimate of drug-likeness (QED) is 0.549. The van der Waals surface area contributed by atoms with Crippen LogP contribution < -0.4 is 14.8 Å². The molecule has 9 heteroatoms. The van der Waals surface area contributed by atoms with Crippen LogP contribution in [0, 0.1) is 0 Å². The van der Waals surface area contributed by atoms with Crippen molar-refractivity contribution in [3.63, 3.8) is 0 Å². The lowest BCUT2D eigenvalue weighted by Crippen LogP contribution is -2.23. The van der Waals surface area contributed by atoms with Crippen molar-refractivity contribution < 1.29 is 28.2 Å². The molecule has 3 aromatic rings. The number of aromatic nitrogens is 2. The minimum atomic E-state index is -0.707. The molecule has 0 aliphatic rings. The standard InChI is InChI=1S/C20H19N3O6/c1-2-26-15-10-6-7-11-16(15)27-13-18(25)28-12-17(24)21-20-23-22-19(29-20)14-8-4-3-5-9-14/h3-11H,2,12-13H2,1H3,(H,21,23,24). The number of hydrogen-bond donors (Lipinski definition) is 1. The number of hydrogen-bond acceptors (Lipinski definition) is 8. The Morgan fingerprint density at radius 1 is 0.931 bits per heavy atom. The van der Waals surface area contributed by atoms with Gasteiger partial charge in [0, 0.05) is 5.56 Å². The predicted molar refractivity (Wildman–Crippen MR) is 102 cm³/mol. The number of nitrogens with zero attached hydrogens (tertiary/aromatic N) is 2. The first kappa shape index (κ1) is 19.9. The summed E-state index contributed by atoms with van der Waals surface area (Å²) in [5, 5.41) is 9.96. The zero-order valence-corrected chi connectivity index (χ0v) is 15.7. The molecule has 1 heterocycles. The number of amides is 1.